The van der Waals surface area contributed by atoms with E-state index in [2.05, 4.69) is 0 Å². The van der Waals surface area contributed by atoms with Crippen LogP contribution in [0.1, 0.15) is 0 Å². The molecule has 0 bridgehead atoms. The molecule has 1 N–H and O–H groups in total. The quantitative estimate of drug-likeness (QED) is 0.670. The van der Waals surface area contributed by atoms with Crippen molar-refractivity contribution < 1.29 is 14.8 Å². The number of phenols is 1. The molecule has 0 aromatic heterocycles. The first-order valence-electron chi connectivity index (χ1n) is 4.12. The minimum atomic E-state index is -0.702. The van der Waals surface area contributed by atoms with Gasteiger partial charge in [-0.05, 0) is 18.2 Å². The minimum absolute atomic E-state index is 0.0493. The van der Waals surface area contributed by atoms with Crippen molar-refractivity contribution in [3.63, 3.8) is 0 Å². The van der Waals surface area contributed by atoms with E-state index in [-0.39, 0.29) is 16.8 Å². The second-order valence-electron chi connectivity index (χ2n) is 2.71. The third-order valence-electron chi connectivity index (χ3n) is 1.63. The van der Waals surface area contributed by atoms with E-state index < -0.39 is 16.4 Å². The molecule has 0 heterocycles. The fraction of sp³-hybridized carbons (Fsp3) is 0.111. The molecule has 5 nitrogen and oxygen atoms in total. The Hall–Kier alpha value is -1.46. The summed E-state index contributed by atoms with van der Waals surface area (Å²) in [5.41, 5.74) is -0.418. The summed E-state index contributed by atoms with van der Waals surface area (Å²) in [5, 5.41) is 19.7. The molecule has 0 spiro atoms. The highest BCUT2D eigenvalue weighted by Gasteiger charge is 2.13. The summed E-state index contributed by atoms with van der Waals surface area (Å²) < 4.78 is 5.15. The fourth-order valence-electron chi connectivity index (χ4n) is 0.940. The predicted octanol–water partition coefficient (Wildman–Crippen LogP) is 3.00. The molecular weight excluding hydrogens is 257 g/mol. The Morgan fingerprint density at radius 2 is 2.25 bits per heavy atom. The van der Waals surface area contributed by atoms with Gasteiger partial charge in [0, 0.05) is 0 Å². The summed E-state index contributed by atoms with van der Waals surface area (Å²) in [6.45, 7) is 0.0876. The molecule has 0 radical (unpaired) electrons. The molecule has 1 aromatic carbocycles. The van der Waals surface area contributed by atoms with Crippen molar-refractivity contribution in [2.24, 2.45) is 0 Å². The summed E-state index contributed by atoms with van der Waals surface area (Å²) in [6, 6.07) is 3.70. The number of rotatable bonds is 4. The predicted molar refractivity (Wildman–Crippen MR) is 60.0 cm³/mol. The van der Waals surface area contributed by atoms with Crippen molar-refractivity contribution >= 4 is 28.9 Å². The highest BCUT2D eigenvalue weighted by atomic mass is 35.5. The SMILES string of the molecule is O=[N+]([O-])c1cc(OCC=C(Cl)Cl)ccc1O. The van der Waals surface area contributed by atoms with Gasteiger partial charge in [0.25, 0.3) is 0 Å². The van der Waals surface area contributed by atoms with Gasteiger partial charge < -0.3 is 9.84 Å². The van der Waals surface area contributed by atoms with Crippen LogP contribution in [0.3, 0.4) is 0 Å². The Bertz CT molecular complexity index is 430. The lowest BCUT2D eigenvalue weighted by molar-refractivity contribution is -0.385. The summed E-state index contributed by atoms with van der Waals surface area (Å²) in [7, 11) is 0. The second-order valence-corrected chi connectivity index (χ2v) is 3.72. The molecule has 0 atom stereocenters. The Kier molecular flexibility index (Phi) is 4.39. The second kappa shape index (κ2) is 5.58. The van der Waals surface area contributed by atoms with Crippen LogP contribution in [0.5, 0.6) is 11.5 Å². The molecular formula is C9H7Cl2NO4. The van der Waals surface area contributed by atoms with Gasteiger partial charge in [-0.15, -0.1) is 0 Å². The number of hydrogen-bond acceptors (Lipinski definition) is 4. The van der Waals surface area contributed by atoms with Crippen molar-refractivity contribution in [2.75, 3.05) is 6.61 Å². The molecule has 1 rings (SSSR count). The standard InChI is InChI=1S/C9H7Cl2NO4/c10-9(11)3-4-16-6-1-2-8(13)7(5-6)12(14)15/h1-3,5,13H,4H2. The van der Waals surface area contributed by atoms with Gasteiger partial charge in [0.2, 0.25) is 0 Å². The Labute approximate surface area is 101 Å². The van der Waals surface area contributed by atoms with E-state index >= 15 is 0 Å². The Morgan fingerprint density at radius 3 is 2.81 bits per heavy atom. The van der Waals surface area contributed by atoms with Crippen molar-refractivity contribution in [3.05, 3.63) is 38.9 Å². The molecule has 0 aliphatic carbocycles. The lowest BCUT2D eigenvalue weighted by Gasteiger charge is -2.03. The molecule has 0 aliphatic rings. The first-order valence-corrected chi connectivity index (χ1v) is 4.87. The van der Waals surface area contributed by atoms with Crippen LogP contribution in [0.4, 0.5) is 5.69 Å². The van der Waals surface area contributed by atoms with Gasteiger partial charge in [-0.2, -0.15) is 0 Å². The molecule has 7 heteroatoms. The van der Waals surface area contributed by atoms with Gasteiger partial charge in [0.15, 0.2) is 5.75 Å². The average Bonchev–Trinajstić information content (AvgIpc) is 2.19. The Morgan fingerprint density at radius 1 is 1.56 bits per heavy atom. The molecule has 0 fully saturated rings. The summed E-state index contributed by atoms with van der Waals surface area (Å²) in [4.78, 5) is 9.79. The number of benzene rings is 1. The summed E-state index contributed by atoms with van der Waals surface area (Å²) in [6.07, 6.45) is 1.39. The number of aromatic hydroxyl groups is 1. The van der Waals surface area contributed by atoms with E-state index in [0.717, 1.165) is 6.07 Å². The van der Waals surface area contributed by atoms with Crippen molar-refractivity contribution in [2.45, 2.75) is 0 Å². The van der Waals surface area contributed by atoms with Crippen molar-refractivity contribution in [3.8, 4) is 11.5 Å². The molecule has 1 aromatic rings. The van der Waals surface area contributed by atoms with Crippen LogP contribution in [0.15, 0.2) is 28.8 Å². The molecule has 0 saturated heterocycles. The number of phenolic OH excluding ortho intramolecular Hbond substituents is 1. The maximum atomic E-state index is 10.5. The molecule has 0 unspecified atom stereocenters. The third kappa shape index (κ3) is 3.60. The van der Waals surface area contributed by atoms with Crippen LogP contribution in [-0.2, 0) is 0 Å². The molecule has 16 heavy (non-hydrogen) atoms. The fourth-order valence-corrected chi connectivity index (χ4v) is 1.07. The number of nitro groups is 1. The Balaban J connectivity index is 2.79. The topological polar surface area (TPSA) is 72.6 Å². The van der Waals surface area contributed by atoms with Gasteiger partial charge in [-0.1, -0.05) is 23.2 Å². The van der Waals surface area contributed by atoms with E-state index in [0.29, 0.717) is 0 Å². The normalized spacial score (nSPS) is 9.62. The van der Waals surface area contributed by atoms with Crippen molar-refractivity contribution in [1.29, 1.82) is 0 Å². The lowest BCUT2D eigenvalue weighted by atomic mass is 10.3. The van der Waals surface area contributed by atoms with Crippen LogP contribution in [0.25, 0.3) is 0 Å². The minimum Gasteiger partial charge on any atom is -0.502 e. The third-order valence-corrected chi connectivity index (χ3v) is 1.94. The monoisotopic (exact) mass is 263 g/mol. The highest BCUT2D eigenvalue weighted by molar-refractivity contribution is 6.55. The zero-order valence-corrected chi connectivity index (χ0v) is 9.40. The van der Waals surface area contributed by atoms with Crippen LogP contribution in [0.2, 0.25) is 0 Å². The number of ether oxygens (including phenoxy) is 1. The molecule has 86 valence electrons. The molecule has 0 saturated carbocycles. The number of nitro benzene ring substituents is 1. The number of hydrogen-bond donors (Lipinski definition) is 1. The summed E-state index contributed by atoms with van der Waals surface area (Å²) >= 11 is 10.7. The van der Waals surface area contributed by atoms with E-state index in [1.807, 2.05) is 0 Å². The van der Waals surface area contributed by atoms with E-state index in [9.17, 15) is 10.1 Å². The lowest BCUT2D eigenvalue weighted by Crippen LogP contribution is -1.95. The zero-order valence-electron chi connectivity index (χ0n) is 7.89. The van der Waals surface area contributed by atoms with Gasteiger partial charge in [0.1, 0.15) is 16.8 Å². The van der Waals surface area contributed by atoms with Gasteiger partial charge in [-0.3, -0.25) is 10.1 Å². The first-order chi connectivity index (χ1) is 7.50. The van der Waals surface area contributed by atoms with Crippen LogP contribution >= 0.6 is 23.2 Å². The van der Waals surface area contributed by atoms with Gasteiger partial charge in [-0.25, -0.2) is 0 Å². The number of halogens is 2. The van der Waals surface area contributed by atoms with Crippen molar-refractivity contribution in [1.82, 2.24) is 0 Å². The van der Waals surface area contributed by atoms with Gasteiger partial charge in [0.05, 0.1) is 11.0 Å². The van der Waals surface area contributed by atoms with E-state index in [4.69, 9.17) is 33.0 Å². The smallest absolute Gasteiger partial charge is 0.314 e. The van der Waals surface area contributed by atoms with Crippen LogP contribution in [0, 0.1) is 10.1 Å². The maximum Gasteiger partial charge on any atom is 0.314 e. The highest BCUT2D eigenvalue weighted by Crippen LogP contribution is 2.29. The largest absolute Gasteiger partial charge is 0.502 e. The van der Waals surface area contributed by atoms with Crippen LogP contribution in [-0.4, -0.2) is 16.6 Å². The van der Waals surface area contributed by atoms with E-state index in [1.165, 1.54) is 18.2 Å². The zero-order chi connectivity index (χ0) is 12.1. The van der Waals surface area contributed by atoms with Crippen LogP contribution < -0.4 is 4.74 Å². The van der Waals surface area contributed by atoms with Gasteiger partial charge >= 0.3 is 5.69 Å². The molecule has 0 aliphatic heterocycles. The van der Waals surface area contributed by atoms with E-state index in [1.54, 1.807) is 0 Å². The first kappa shape index (κ1) is 12.6. The number of nitrogens with zero attached hydrogens (tertiary/aromatic N) is 1. The average molecular weight is 264 g/mol. The molecule has 0 amide bonds. The maximum absolute atomic E-state index is 10.5. The summed E-state index contributed by atoms with van der Waals surface area (Å²) in [5.74, 6) is -0.168.